The third kappa shape index (κ3) is 5.56. The van der Waals surface area contributed by atoms with E-state index in [0.717, 1.165) is 0 Å². The van der Waals surface area contributed by atoms with Gasteiger partial charge >= 0.3 is 6.03 Å². The van der Waals surface area contributed by atoms with E-state index in [1.165, 1.54) is 19.5 Å². The van der Waals surface area contributed by atoms with Gasteiger partial charge in [-0.25, -0.2) is 4.79 Å². The van der Waals surface area contributed by atoms with E-state index < -0.39 is 6.03 Å². The number of benzene rings is 1. The summed E-state index contributed by atoms with van der Waals surface area (Å²) in [6.07, 6.45) is 2.85. The molecule has 0 aliphatic carbocycles. The van der Waals surface area contributed by atoms with Crippen LogP contribution in [0.5, 0.6) is 11.6 Å². The minimum atomic E-state index is -0.466. The highest BCUT2D eigenvalue weighted by Gasteiger charge is 2.07. The molecular weight excluding hydrogens is 334 g/mol. The van der Waals surface area contributed by atoms with Crippen molar-refractivity contribution in [2.75, 3.05) is 30.2 Å². The molecule has 128 valence electrons. The van der Waals surface area contributed by atoms with Gasteiger partial charge in [0, 0.05) is 17.6 Å². The molecular formula is C15H18ClN5O3. The number of urea groups is 1. The van der Waals surface area contributed by atoms with Gasteiger partial charge in [0.1, 0.15) is 12.4 Å². The maximum absolute atomic E-state index is 12.0. The van der Waals surface area contributed by atoms with E-state index in [4.69, 9.17) is 26.8 Å². The molecule has 24 heavy (non-hydrogen) atoms. The van der Waals surface area contributed by atoms with E-state index in [2.05, 4.69) is 20.6 Å². The molecule has 2 amide bonds. The minimum absolute atomic E-state index is 0.252. The van der Waals surface area contributed by atoms with Crippen molar-refractivity contribution in [3.63, 3.8) is 0 Å². The quantitative estimate of drug-likeness (QED) is 0.658. The summed E-state index contributed by atoms with van der Waals surface area (Å²) in [5, 5.41) is 5.24. The lowest BCUT2D eigenvalue weighted by Crippen LogP contribution is -2.29. The molecule has 4 N–H and O–H groups in total. The number of hydrogen-bond donors (Lipinski definition) is 3. The van der Waals surface area contributed by atoms with Gasteiger partial charge in [0.15, 0.2) is 5.82 Å². The van der Waals surface area contributed by atoms with Crippen molar-refractivity contribution in [3.05, 3.63) is 36.7 Å². The van der Waals surface area contributed by atoms with E-state index in [1.54, 1.807) is 24.3 Å². The number of amides is 2. The van der Waals surface area contributed by atoms with Gasteiger partial charge in [-0.3, -0.25) is 10.3 Å². The number of methoxy groups -OCH3 is 1. The summed E-state index contributed by atoms with van der Waals surface area (Å²) in [7, 11) is 1.47. The van der Waals surface area contributed by atoms with Crippen molar-refractivity contribution >= 4 is 29.1 Å². The third-order valence-corrected chi connectivity index (χ3v) is 3.21. The van der Waals surface area contributed by atoms with Gasteiger partial charge in [-0.1, -0.05) is 6.07 Å². The van der Waals surface area contributed by atoms with E-state index in [0.29, 0.717) is 29.8 Å². The number of alkyl halides is 1. The molecule has 2 aromatic rings. The van der Waals surface area contributed by atoms with Gasteiger partial charge in [0.05, 0.1) is 25.5 Å². The Balaban J connectivity index is 1.93. The topological polar surface area (TPSA) is 111 Å². The molecule has 0 radical (unpaired) electrons. The molecule has 0 fully saturated rings. The first-order valence-electron chi connectivity index (χ1n) is 7.09. The van der Waals surface area contributed by atoms with Crippen LogP contribution in [-0.2, 0) is 0 Å². The zero-order valence-electron chi connectivity index (χ0n) is 13.0. The lowest BCUT2D eigenvalue weighted by Gasteiger charge is -2.12. The molecule has 1 aromatic heterocycles. The second-order valence-electron chi connectivity index (χ2n) is 4.78. The predicted molar refractivity (Wildman–Crippen MR) is 91.9 cm³/mol. The van der Waals surface area contributed by atoms with Crippen molar-refractivity contribution in [3.8, 4) is 11.6 Å². The fourth-order valence-electron chi connectivity index (χ4n) is 1.70. The number of ether oxygens (including phenoxy) is 2. The molecule has 0 saturated heterocycles. The van der Waals surface area contributed by atoms with Crippen LogP contribution in [0.1, 0.15) is 0 Å². The Morgan fingerprint density at radius 2 is 2.21 bits per heavy atom. The van der Waals surface area contributed by atoms with Crippen molar-refractivity contribution in [1.82, 2.24) is 9.97 Å². The Labute approximate surface area is 144 Å². The van der Waals surface area contributed by atoms with Crippen LogP contribution in [-0.4, -0.2) is 41.6 Å². The molecule has 0 saturated carbocycles. The Morgan fingerprint density at radius 3 is 2.96 bits per heavy atom. The van der Waals surface area contributed by atoms with E-state index >= 15 is 0 Å². The molecule has 2 rings (SSSR count). The fraction of sp³-hybridized carbons (Fsp3) is 0.267. The van der Waals surface area contributed by atoms with Gasteiger partial charge in [-0.2, -0.15) is 4.98 Å². The van der Waals surface area contributed by atoms with Crippen LogP contribution in [0.25, 0.3) is 0 Å². The van der Waals surface area contributed by atoms with Crippen molar-refractivity contribution in [1.29, 1.82) is 0 Å². The first-order chi connectivity index (χ1) is 11.6. The summed E-state index contributed by atoms with van der Waals surface area (Å²) in [4.78, 5) is 19.9. The summed E-state index contributed by atoms with van der Waals surface area (Å²) in [5.41, 5.74) is 6.25. The molecule has 0 aliphatic heterocycles. The number of halogens is 1. The maximum atomic E-state index is 12.0. The Bertz CT molecular complexity index is 686. The largest absolute Gasteiger partial charge is 0.492 e. The molecule has 1 heterocycles. The fourth-order valence-corrected chi connectivity index (χ4v) is 1.79. The monoisotopic (exact) mass is 351 g/mol. The summed E-state index contributed by atoms with van der Waals surface area (Å²) < 4.78 is 10.5. The van der Waals surface area contributed by atoms with Crippen LogP contribution in [0, 0.1) is 0 Å². The van der Waals surface area contributed by atoms with Crippen molar-refractivity contribution in [2.45, 2.75) is 6.04 Å². The van der Waals surface area contributed by atoms with Crippen molar-refractivity contribution in [2.24, 2.45) is 5.73 Å². The van der Waals surface area contributed by atoms with Crippen LogP contribution in [0.4, 0.5) is 16.3 Å². The van der Waals surface area contributed by atoms with Gasteiger partial charge in [0.2, 0.25) is 5.88 Å². The Hall–Kier alpha value is -2.58. The van der Waals surface area contributed by atoms with Crippen LogP contribution < -0.4 is 25.8 Å². The first kappa shape index (κ1) is 17.8. The summed E-state index contributed by atoms with van der Waals surface area (Å²) >= 11 is 5.63. The zero-order valence-corrected chi connectivity index (χ0v) is 13.8. The lowest BCUT2D eigenvalue weighted by molar-refractivity contribution is 0.262. The SMILES string of the molecule is COc1cncc(NC(=O)Nc2cccc(OCC(N)CCl)c2)n1. The van der Waals surface area contributed by atoms with Crippen molar-refractivity contribution < 1.29 is 14.3 Å². The van der Waals surface area contributed by atoms with Crippen LogP contribution >= 0.6 is 11.6 Å². The maximum Gasteiger partial charge on any atom is 0.324 e. The molecule has 0 spiro atoms. The number of aromatic nitrogens is 2. The minimum Gasteiger partial charge on any atom is -0.492 e. The summed E-state index contributed by atoms with van der Waals surface area (Å²) in [6, 6.07) is 6.20. The highest BCUT2D eigenvalue weighted by atomic mass is 35.5. The van der Waals surface area contributed by atoms with E-state index in [9.17, 15) is 4.79 Å². The smallest absolute Gasteiger partial charge is 0.324 e. The highest BCUT2D eigenvalue weighted by molar-refractivity contribution is 6.18. The average Bonchev–Trinajstić information content (AvgIpc) is 2.60. The Morgan fingerprint density at radius 1 is 1.38 bits per heavy atom. The van der Waals surface area contributed by atoms with Crippen LogP contribution in [0.15, 0.2) is 36.7 Å². The number of nitrogens with two attached hydrogens (primary N) is 1. The number of carbonyl (C=O) groups is 1. The normalized spacial score (nSPS) is 11.5. The van der Waals surface area contributed by atoms with Crippen LogP contribution in [0.3, 0.4) is 0 Å². The number of nitrogens with one attached hydrogen (secondary N) is 2. The number of nitrogens with zero attached hydrogens (tertiary/aromatic N) is 2. The van der Waals surface area contributed by atoms with Gasteiger partial charge in [0.25, 0.3) is 0 Å². The van der Waals surface area contributed by atoms with Gasteiger partial charge in [-0.05, 0) is 12.1 Å². The molecule has 1 unspecified atom stereocenters. The number of anilines is 2. The molecule has 0 bridgehead atoms. The highest BCUT2D eigenvalue weighted by Crippen LogP contribution is 2.18. The second-order valence-corrected chi connectivity index (χ2v) is 5.09. The standard InChI is InChI=1S/C15H18ClN5O3/c1-23-14-8-18-7-13(20-14)21-15(22)19-11-3-2-4-12(5-11)24-9-10(17)6-16/h2-5,7-8,10H,6,9,17H2,1H3,(H2,19,20,21,22). The molecule has 9 heteroatoms. The van der Waals surface area contributed by atoms with Crippen LogP contribution in [0.2, 0.25) is 0 Å². The number of hydrogen-bond acceptors (Lipinski definition) is 6. The summed E-state index contributed by atoms with van der Waals surface area (Å²) in [6.45, 7) is 0.290. The first-order valence-corrected chi connectivity index (χ1v) is 7.62. The number of rotatable bonds is 7. The summed E-state index contributed by atoms with van der Waals surface area (Å²) in [5.74, 6) is 1.46. The van der Waals surface area contributed by atoms with Gasteiger partial charge < -0.3 is 20.5 Å². The zero-order chi connectivity index (χ0) is 17.4. The number of carbonyl (C=O) groups excluding carboxylic acids is 1. The predicted octanol–water partition coefficient (Wildman–Crippen LogP) is 2.07. The van der Waals surface area contributed by atoms with E-state index in [1.807, 2.05) is 0 Å². The van der Waals surface area contributed by atoms with E-state index in [-0.39, 0.29) is 11.9 Å². The lowest BCUT2D eigenvalue weighted by atomic mass is 10.3. The Kier molecular flexibility index (Phi) is 6.59. The third-order valence-electron chi connectivity index (χ3n) is 2.82. The molecule has 0 aliphatic rings. The second kappa shape index (κ2) is 8.90. The molecule has 1 aromatic carbocycles. The average molecular weight is 352 g/mol. The molecule has 8 nitrogen and oxygen atoms in total. The van der Waals surface area contributed by atoms with Gasteiger partial charge in [-0.15, -0.1) is 11.6 Å². The molecule has 1 atom stereocenters.